The maximum atomic E-state index is 12.7. The Morgan fingerprint density at radius 3 is 2.82 bits per heavy atom. The second kappa shape index (κ2) is 8.89. The van der Waals surface area contributed by atoms with Crippen molar-refractivity contribution < 1.29 is 14.3 Å². The van der Waals surface area contributed by atoms with E-state index < -0.39 is 0 Å². The molecule has 1 N–H and O–H groups in total. The summed E-state index contributed by atoms with van der Waals surface area (Å²) in [6.07, 6.45) is 4.49. The van der Waals surface area contributed by atoms with Gasteiger partial charge in [0, 0.05) is 42.3 Å². The van der Waals surface area contributed by atoms with Crippen LogP contribution in [0.4, 0.5) is 5.69 Å². The maximum absolute atomic E-state index is 12.7. The normalized spacial score (nSPS) is 15.9. The molecule has 1 aromatic carbocycles. The van der Waals surface area contributed by atoms with Gasteiger partial charge < -0.3 is 15.0 Å². The Morgan fingerprint density at radius 2 is 2.14 bits per heavy atom. The Morgan fingerprint density at radius 1 is 1.39 bits per heavy atom. The molecular formula is C21H22ClN3O3. The number of carbonyl (C=O) groups excluding carboxylic acids is 2. The third-order valence-corrected chi connectivity index (χ3v) is 5.04. The lowest BCUT2D eigenvalue weighted by Crippen LogP contribution is -2.29. The van der Waals surface area contributed by atoms with Crippen molar-refractivity contribution >= 4 is 29.1 Å². The smallest absolute Gasteiger partial charge is 0.253 e. The van der Waals surface area contributed by atoms with Gasteiger partial charge in [-0.15, -0.1) is 0 Å². The predicted octanol–water partition coefficient (Wildman–Crippen LogP) is 3.57. The molecular weight excluding hydrogens is 378 g/mol. The molecule has 6 nitrogen and oxygen atoms in total. The van der Waals surface area contributed by atoms with E-state index in [1.807, 2.05) is 11.0 Å². The second-order valence-corrected chi connectivity index (χ2v) is 7.10. The SMILES string of the molecule is C=CC(=O)Nc1ccc(C(=O)N2CC[C@@H](Cc3cc(OC)c(Cl)cn3)C2)cc1. The van der Waals surface area contributed by atoms with Crippen molar-refractivity contribution in [3.05, 3.63) is 65.5 Å². The lowest BCUT2D eigenvalue weighted by Gasteiger charge is -2.17. The molecule has 28 heavy (non-hydrogen) atoms. The van der Waals surface area contributed by atoms with Gasteiger partial charge in [-0.05, 0) is 49.1 Å². The van der Waals surface area contributed by atoms with E-state index in [4.69, 9.17) is 16.3 Å². The van der Waals surface area contributed by atoms with Crippen molar-refractivity contribution in [1.29, 1.82) is 0 Å². The number of methoxy groups -OCH3 is 1. The van der Waals surface area contributed by atoms with Gasteiger partial charge in [0.05, 0.1) is 7.11 Å². The number of anilines is 1. The van der Waals surface area contributed by atoms with Crippen LogP contribution in [0, 0.1) is 5.92 Å². The molecule has 0 unspecified atom stereocenters. The Labute approximate surface area is 169 Å². The summed E-state index contributed by atoms with van der Waals surface area (Å²) in [6.45, 7) is 4.81. The van der Waals surface area contributed by atoms with Gasteiger partial charge >= 0.3 is 0 Å². The number of nitrogens with zero attached hydrogens (tertiary/aromatic N) is 2. The van der Waals surface area contributed by atoms with Crippen molar-refractivity contribution in [3.63, 3.8) is 0 Å². The summed E-state index contributed by atoms with van der Waals surface area (Å²) in [5.74, 6) is 0.661. The van der Waals surface area contributed by atoms with Crippen LogP contribution in [0.5, 0.6) is 5.75 Å². The summed E-state index contributed by atoms with van der Waals surface area (Å²) in [4.78, 5) is 30.3. The van der Waals surface area contributed by atoms with Crippen LogP contribution in [-0.2, 0) is 11.2 Å². The largest absolute Gasteiger partial charge is 0.495 e. The molecule has 1 saturated heterocycles. The molecule has 0 radical (unpaired) electrons. The minimum atomic E-state index is -0.283. The number of ether oxygens (including phenoxy) is 1. The molecule has 0 aliphatic carbocycles. The van der Waals surface area contributed by atoms with E-state index in [0.29, 0.717) is 41.0 Å². The molecule has 0 saturated carbocycles. The lowest BCUT2D eigenvalue weighted by molar-refractivity contribution is -0.111. The van der Waals surface area contributed by atoms with Gasteiger partial charge in [-0.1, -0.05) is 18.2 Å². The summed E-state index contributed by atoms with van der Waals surface area (Å²) < 4.78 is 5.24. The minimum absolute atomic E-state index is 0.00857. The van der Waals surface area contributed by atoms with Crippen LogP contribution < -0.4 is 10.1 Å². The third kappa shape index (κ3) is 4.70. The molecule has 1 atom stereocenters. The van der Waals surface area contributed by atoms with Crippen molar-refractivity contribution in [2.75, 3.05) is 25.5 Å². The van der Waals surface area contributed by atoms with E-state index in [1.54, 1.807) is 37.6 Å². The van der Waals surface area contributed by atoms with Crippen LogP contribution in [0.1, 0.15) is 22.5 Å². The number of likely N-dealkylation sites (tertiary alicyclic amines) is 1. The Kier molecular flexibility index (Phi) is 6.31. The minimum Gasteiger partial charge on any atom is -0.495 e. The molecule has 2 aromatic rings. The fourth-order valence-corrected chi connectivity index (χ4v) is 3.46. The van der Waals surface area contributed by atoms with Gasteiger partial charge in [0.2, 0.25) is 5.91 Å². The number of amides is 2. The molecule has 0 bridgehead atoms. The second-order valence-electron chi connectivity index (χ2n) is 6.69. The number of hydrogen-bond acceptors (Lipinski definition) is 4. The highest BCUT2D eigenvalue weighted by molar-refractivity contribution is 6.31. The van der Waals surface area contributed by atoms with Crippen molar-refractivity contribution in [1.82, 2.24) is 9.88 Å². The monoisotopic (exact) mass is 399 g/mol. The summed E-state index contributed by atoms with van der Waals surface area (Å²) >= 11 is 6.02. The quantitative estimate of drug-likeness (QED) is 0.754. The number of rotatable bonds is 6. The zero-order valence-electron chi connectivity index (χ0n) is 15.7. The van der Waals surface area contributed by atoms with Crippen LogP contribution in [0.25, 0.3) is 0 Å². The highest BCUT2D eigenvalue weighted by Crippen LogP contribution is 2.27. The molecule has 7 heteroatoms. The molecule has 2 amide bonds. The average Bonchev–Trinajstić information content (AvgIpc) is 3.17. The van der Waals surface area contributed by atoms with Crippen LogP contribution in [0.15, 0.2) is 49.2 Å². The number of carbonyl (C=O) groups is 2. The highest BCUT2D eigenvalue weighted by atomic mass is 35.5. The number of aromatic nitrogens is 1. The van der Waals surface area contributed by atoms with Gasteiger partial charge in [-0.2, -0.15) is 0 Å². The summed E-state index contributed by atoms with van der Waals surface area (Å²) in [6, 6.07) is 8.72. The number of pyridine rings is 1. The topological polar surface area (TPSA) is 71.5 Å². The van der Waals surface area contributed by atoms with Crippen molar-refractivity contribution in [2.24, 2.45) is 5.92 Å². The Balaban J connectivity index is 1.59. The zero-order chi connectivity index (χ0) is 20.1. The summed E-state index contributed by atoms with van der Waals surface area (Å²) in [7, 11) is 1.58. The first-order valence-corrected chi connectivity index (χ1v) is 9.39. The molecule has 1 aliphatic rings. The first kappa shape index (κ1) is 19.9. The van der Waals surface area contributed by atoms with Crippen molar-refractivity contribution in [3.8, 4) is 5.75 Å². The van der Waals surface area contributed by atoms with E-state index in [2.05, 4.69) is 16.9 Å². The molecule has 1 fully saturated rings. The van der Waals surface area contributed by atoms with E-state index in [1.165, 1.54) is 6.08 Å². The highest BCUT2D eigenvalue weighted by Gasteiger charge is 2.27. The van der Waals surface area contributed by atoms with Gasteiger partial charge in [-0.25, -0.2) is 0 Å². The number of nitrogens with one attached hydrogen (secondary N) is 1. The zero-order valence-corrected chi connectivity index (χ0v) is 16.4. The first-order valence-electron chi connectivity index (χ1n) is 9.01. The van der Waals surface area contributed by atoms with Crippen LogP contribution in [-0.4, -0.2) is 41.9 Å². The standard InChI is InChI=1S/C21H22ClN3O3/c1-3-20(26)24-16-6-4-15(5-7-16)21(27)25-9-8-14(13-25)10-17-11-19(28-2)18(22)12-23-17/h3-7,11-12,14H,1,8-10,13H2,2H3,(H,24,26)/t14-/m0/s1. The van der Waals surface area contributed by atoms with Gasteiger partial charge in [0.1, 0.15) is 10.8 Å². The molecule has 3 rings (SSSR count). The number of halogens is 1. The third-order valence-electron chi connectivity index (χ3n) is 4.75. The summed E-state index contributed by atoms with van der Waals surface area (Å²) in [5.41, 5.74) is 2.13. The fraction of sp³-hybridized carbons (Fsp3) is 0.286. The fourth-order valence-electron chi connectivity index (χ4n) is 3.28. The summed E-state index contributed by atoms with van der Waals surface area (Å²) in [5, 5.41) is 3.15. The molecule has 1 aliphatic heterocycles. The molecule has 146 valence electrons. The van der Waals surface area contributed by atoms with Crippen LogP contribution in [0.2, 0.25) is 5.02 Å². The van der Waals surface area contributed by atoms with E-state index >= 15 is 0 Å². The number of benzene rings is 1. The van der Waals surface area contributed by atoms with Gasteiger partial charge in [0.15, 0.2) is 0 Å². The van der Waals surface area contributed by atoms with E-state index in [0.717, 1.165) is 18.5 Å². The lowest BCUT2D eigenvalue weighted by atomic mass is 10.0. The van der Waals surface area contributed by atoms with Gasteiger partial charge in [-0.3, -0.25) is 14.6 Å². The number of hydrogen-bond donors (Lipinski definition) is 1. The predicted molar refractivity (Wildman–Crippen MR) is 109 cm³/mol. The Bertz CT molecular complexity index is 883. The molecule has 1 aromatic heterocycles. The van der Waals surface area contributed by atoms with Gasteiger partial charge in [0.25, 0.3) is 5.91 Å². The van der Waals surface area contributed by atoms with Crippen molar-refractivity contribution in [2.45, 2.75) is 12.8 Å². The van der Waals surface area contributed by atoms with Crippen LogP contribution in [0.3, 0.4) is 0 Å². The van der Waals surface area contributed by atoms with E-state index in [9.17, 15) is 9.59 Å². The van der Waals surface area contributed by atoms with Crippen LogP contribution >= 0.6 is 11.6 Å². The average molecular weight is 400 g/mol. The molecule has 0 spiro atoms. The Hall–Kier alpha value is -2.86. The molecule has 2 heterocycles. The first-order chi connectivity index (χ1) is 13.5. The van der Waals surface area contributed by atoms with E-state index in [-0.39, 0.29) is 11.8 Å². The maximum Gasteiger partial charge on any atom is 0.253 e.